The van der Waals surface area contributed by atoms with Crippen molar-refractivity contribution in [3.63, 3.8) is 0 Å². The van der Waals surface area contributed by atoms with Gasteiger partial charge >= 0.3 is 0 Å². The summed E-state index contributed by atoms with van der Waals surface area (Å²) in [6.07, 6.45) is 4.59. The first kappa shape index (κ1) is 16.6. The Morgan fingerprint density at radius 3 is 2.44 bits per heavy atom. The van der Waals surface area contributed by atoms with Crippen molar-refractivity contribution in [2.45, 2.75) is 38.3 Å². The van der Waals surface area contributed by atoms with Crippen molar-refractivity contribution >= 4 is 23.1 Å². The van der Waals surface area contributed by atoms with Crippen molar-refractivity contribution in [2.75, 3.05) is 18.0 Å². The Morgan fingerprint density at radius 1 is 1.00 bits per heavy atom. The Balaban J connectivity index is 1.83. The van der Waals surface area contributed by atoms with E-state index in [2.05, 4.69) is 28.5 Å². The van der Waals surface area contributed by atoms with Crippen LogP contribution in [0.4, 0.5) is 5.69 Å². The molecule has 0 spiro atoms. The minimum Gasteiger partial charge on any atom is -0.346 e. The number of hydrogen-bond donors (Lipinski definition) is 1. The van der Waals surface area contributed by atoms with Crippen LogP contribution in [0, 0.1) is 6.92 Å². The van der Waals surface area contributed by atoms with E-state index < -0.39 is 5.72 Å². The molecule has 0 unspecified atom stereocenters. The van der Waals surface area contributed by atoms with E-state index in [1.807, 2.05) is 36.4 Å². The number of hydrogen-bond acceptors (Lipinski definition) is 2. The summed E-state index contributed by atoms with van der Waals surface area (Å²) in [5.74, 6) is 1.22. The second-order valence-electron chi connectivity index (χ2n) is 7.14. The van der Waals surface area contributed by atoms with Gasteiger partial charge in [0.05, 0.1) is 6.54 Å². The lowest BCUT2D eigenvalue weighted by molar-refractivity contribution is -0.534. The van der Waals surface area contributed by atoms with Crippen LogP contribution in [0.15, 0.2) is 48.5 Å². The van der Waals surface area contributed by atoms with Gasteiger partial charge in [0.2, 0.25) is 0 Å². The normalized spacial score (nSPS) is 23.6. The molecular weight excluding hydrogens is 332 g/mol. The summed E-state index contributed by atoms with van der Waals surface area (Å²) in [6.45, 7) is 3.68. The van der Waals surface area contributed by atoms with Crippen molar-refractivity contribution < 1.29 is 9.68 Å². The summed E-state index contributed by atoms with van der Waals surface area (Å²) in [5.41, 5.74) is 2.08. The second kappa shape index (κ2) is 6.47. The zero-order valence-corrected chi connectivity index (χ0v) is 15.3. The number of amidine groups is 1. The highest BCUT2D eigenvalue weighted by Crippen LogP contribution is 2.38. The molecule has 0 amide bonds. The molecule has 2 aromatic carbocycles. The van der Waals surface area contributed by atoms with E-state index in [0.29, 0.717) is 11.6 Å². The number of nitrogens with zero attached hydrogens (tertiary/aromatic N) is 2. The van der Waals surface area contributed by atoms with Crippen LogP contribution >= 0.6 is 11.6 Å². The molecule has 0 bridgehead atoms. The van der Waals surface area contributed by atoms with E-state index in [9.17, 15) is 5.11 Å². The molecule has 1 atom stereocenters. The Kier molecular flexibility index (Phi) is 4.30. The molecule has 2 aliphatic rings. The largest absolute Gasteiger partial charge is 0.346 e. The Morgan fingerprint density at radius 2 is 1.72 bits per heavy atom. The summed E-state index contributed by atoms with van der Waals surface area (Å²) in [4.78, 5) is 2.12. The van der Waals surface area contributed by atoms with Gasteiger partial charge in [0.15, 0.2) is 6.54 Å². The van der Waals surface area contributed by atoms with Crippen LogP contribution in [0.3, 0.4) is 0 Å². The summed E-state index contributed by atoms with van der Waals surface area (Å²) in [7, 11) is 0. The molecule has 2 aliphatic heterocycles. The summed E-state index contributed by atoms with van der Waals surface area (Å²) in [6, 6.07) is 16.0. The van der Waals surface area contributed by atoms with Crippen LogP contribution in [0.1, 0.15) is 36.8 Å². The minimum absolute atomic E-state index is 0.605. The Labute approximate surface area is 154 Å². The number of rotatable bonds is 2. The first-order valence-electron chi connectivity index (χ1n) is 9.04. The highest BCUT2D eigenvalue weighted by Gasteiger charge is 2.53. The number of anilines is 1. The molecule has 0 aliphatic carbocycles. The van der Waals surface area contributed by atoms with Crippen LogP contribution in [0.2, 0.25) is 5.02 Å². The van der Waals surface area contributed by atoms with Gasteiger partial charge < -0.3 is 5.11 Å². The first-order chi connectivity index (χ1) is 12.1. The highest BCUT2D eigenvalue weighted by molar-refractivity contribution is 6.30. The molecule has 2 heterocycles. The third-order valence-electron chi connectivity index (χ3n) is 5.33. The predicted molar refractivity (Wildman–Crippen MR) is 102 cm³/mol. The zero-order valence-electron chi connectivity index (χ0n) is 14.6. The summed E-state index contributed by atoms with van der Waals surface area (Å²) < 4.78 is 2.36. The molecule has 0 saturated heterocycles. The second-order valence-corrected chi connectivity index (χ2v) is 7.58. The average molecular weight is 356 g/mol. The fourth-order valence-corrected chi connectivity index (χ4v) is 4.14. The topological polar surface area (TPSA) is 26.5 Å². The lowest BCUT2D eigenvalue weighted by Gasteiger charge is -2.29. The van der Waals surface area contributed by atoms with E-state index in [-0.39, 0.29) is 0 Å². The van der Waals surface area contributed by atoms with Crippen molar-refractivity contribution in [3.8, 4) is 0 Å². The molecule has 25 heavy (non-hydrogen) atoms. The van der Waals surface area contributed by atoms with Gasteiger partial charge in [-0.3, -0.25) is 4.58 Å². The van der Waals surface area contributed by atoms with Crippen molar-refractivity contribution in [1.29, 1.82) is 0 Å². The van der Waals surface area contributed by atoms with E-state index in [1.165, 1.54) is 30.7 Å². The molecule has 0 saturated carbocycles. The molecule has 4 rings (SSSR count). The van der Waals surface area contributed by atoms with E-state index in [4.69, 9.17) is 11.6 Å². The van der Waals surface area contributed by atoms with Gasteiger partial charge in [-0.25, -0.2) is 0 Å². The maximum absolute atomic E-state index is 11.8. The molecule has 0 aromatic heterocycles. The Hall–Kier alpha value is -1.84. The lowest BCUT2D eigenvalue weighted by Crippen LogP contribution is -2.47. The summed E-state index contributed by atoms with van der Waals surface area (Å²) >= 11 is 6.09. The SMILES string of the molecule is Cc1ccc([C@@]2(O)C[N+]3=C(CCCCC3)N2c2ccc(Cl)cc2)cc1. The lowest BCUT2D eigenvalue weighted by atomic mass is 9.99. The molecule has 0 fully saturated rings. The van der Waals surface area contributed by atoms with Crippen LogP contribution in [-0.4, -0.2) is 28.6 Å². The van der Waals surface area contributed by atoms with Gasteiger partial charge in [0.1, 0.15) is 5.69 Å². The van der Waals surface area contributed by atoms with E-state index in [0.717, 1.165) is 24.2 Å². The molecule has 1 N–H and O–H groups in total. The van der Waals surface area contributed by atoms with Gasteiger partial charge in [-0.15, -0.1) is 0 Å². The maximum Gasteiger partial charge on any atom is 0.275 e. The zero-order chi connectivity index (χ0) is 17.4. The van der Waals surface area contributed by atoms with Crippen LogP contribution in [0.25, 0.3) is 0 Å². The molecular formula is C21H24ClN2O+. The molecule has 2 aromatic rings. The van der Waals surface area contributed by atoms with Gasteiger partial charge in [-0.2, -0.15) is 4.90 Å². The number of aliphatic hydroxyl groups is 1. The van der Waals surface area contributed by atoms with Gasteiger partial charge in [0, 0.05) is 17.0 Å². The smallest absolute Gasteiger partial charge is 0.275 e. The van der Waals surface area contributed by atoms with Crippen molar-refractivity contribution in [3.05, 3.63) is 64.7 Å². The predicted octanol–water partition coefficient (Wildman–Crippen LogP) is 4.30. The van der Waals surface area contributed by atoms with Gasteiger partial charge in [-0.05, 0) is 50.5 Å². The fourth-order valence-electron chi connectivity index (χ4n) is 4.02. The number of aryl methyl sites for hydroxylation is 1. The fraction of sp³-hybridized carbons (Fsp3) is 0.381. The van der Waals surface area contributed by atoms with Crippen LogP contribution in [-0.2, 0) is 5.72 Å². The van der Waals surface area contributed by atoms with Crippen molar-refractivity contribution in [1.82, 2.24) is 0 Å². The minimum atomic E-state index is -1.05. The van der Waals surface area contributed by atoms with Gasteiger partial charge in [-0.1, -0.05) is 41.4 Å². The van der Waals surface area contributed by atoms with Crippen LogP contribution in [0.5, 0.6) is 0 Å². The molecule has 3 nitrogen and oxygen atoms in total. The average Bonchev–Trinajstić information content (AvgIpc) is 2.74. The van der Waals surface area contributed by atoms with Crippen LogP contribution < -0.4 is 4.90 Å². The number of benzene rings is 2. The number of halogens is 1. The summed E-state index contributed by atoms with van der Waals surface area (Å²) in [5, 5.41) is 12.5. The van der Waals surface area contributed by atoms with Crippen molar-refractivity contribution in [2.24, 2.45) is 0 Å². The Bertz CT molecular complexity index is 798. The molecule has 4 heteroatoms. The van der Waals surface area contributed by atoms with Gasteiger partial charge in [0.25, 0.3) is 11.6 Å². The quantitative estimate of drug-likeness (QED) is 0.813. The van der Waals surface area contributed by atoms with E-state index >= 15 is 0 Å². The van der Waals surface area contributed by atoms with E-state index in [1.54, 1.807) is 0 Å². The first-order valence-corrected chi connectivity index (χ1v) is 9.42. The molecule has 0 radical (unpaired) electrons. The standard InChI is InChI=1S/C21H24ClN2O/c1-16-6-8-17(9-7-16)21(25)15-23-14-4-2-3-5-20(23)24(21)19-12-10-18(22)11-13-19/h6-13,25H,2-5,14-15H2,1H3/q+1/t21-/m0/s1. The molecule has 130 valence electrons. The monoisotopic (exact) mass is 355 g/mol. The third-order valence-corrected chi connectivity index (χ3v) is 5.58. The third kappa shape index (κ3) is 2.96. The maximum atomic E-state index is 11.8. The highest BCUT2D eigenvalue weighted by atomic mass is 35.5.